The number of para-hydroxylation sites is 6. The minimum absolute atomic E-state index is 0.300. The van der Waals surface area contributed by atoms with Gasteiger partial charge in [0.25, 0.3) is 13.4 Å². The van der Waals surface area contributed by atoms with E-state index in [0.717, 1.165) is 173 Å². The molecule has 21 rings (SSSR count). The van der Waals surface area contributed by atoms with Gasteiger partial charge in [-0.1, -0.05) is 182 Å². The monoisotopic (exact) mass is 1340 g/mol. The molecule has 0 amide bonds. The molecule has 0 radical (unpaired) electrons. The molecular formula is C94H54B2N10. The lowest BCUT2D eigenvalue weighted by Gasteiger charge is -2.47. The largest absolute Gasteiger partial charge is 0.311 e. The molecule has 15 aromatic carbocycles. The molecule has 0 saturated carbocycles. The average Bonchev–Trinajstić information content (AvgIpc) is 0.712. The van der Waals surface area contributed by atoms with Gasteiger partial charge in [0.05, 0.1) is 75.5 Å². The maximum atomic E-state index is 10.5. The summed E-state index contributed by atoms with van der Waals surface area (Å²) in [4.78, 5) is 17.9. The number of aromatic nitrogens is 2. The first-order chi connectivity index (χ1) is 52.4. The lowest BCUT2D eigenvalue weighted by molar-refractivity contribution is 1.16. The minimum atomic E-state index is -0.350. The highest BCUT2D eigenvalue weighted by molar-refractivity contribution is 7.02. The summed E-state index contributed by atoms with van der Waals surface area (Å²) in [6.45, 7) is 15.7. The van der Waals surface area contributed by atoms with Gasteiger partial charge in [-0.05, 0) is 200 Å². The van der Waals surface area contributed by atoms with E-state index in [0.29, 0.717) is 22.5 Å². The van der Waals surface area contributed by atoms with Gasteiger partial charge >= 0.3 is 0 Å². The summed E-state index contributed by atoms with van der Waals surface area (Å²) in [6, 6.07) is 122. The van der Waals surface area contributed by atoms with Crippen molar-refractivity contribution in [1.29, 1.82) is 10.5 Å². The smallest absolute Gasteiger partial charge is 0.252 e. The van der Waals surface area contributed by atoms with Gasteiger partial charge in [0, 0.05) is 84.5 Å². The van der Waals surface area contributed by atoms with Gasteiger partial charge in [0.2, 0.25) is 0 Å². The summed E-state index contributed by atoms with van der Waals surface area (Å²) in [5.41, 5.74) is 31.1. The van der Waals surface area contributed by atoms with Crippen LogP contribution in [0.1, 0.15) is 11.1 Å². The van der Waals surface area contributed by atoms with Crippen molar-refractivity contribution in [3.63, 3.8) is 0 Å². The molecule has 0 spiro atoms. The summed E-state index contributed by atoms with van der Waals surface area (Å²) in [7, 11) is 0. The van der Waals surface area contributed by atoms with Crippen molar-refractivity contribution in [2.24, 2.45) is 0 Å². The van der Waals surface area contributed by atoms with Gasteiger partial charge < -0.3 is 28.7 Å². The third-order valence-corrected chi connectivity index (χ3v) is 22.0. The zero-order valence-corrected chi connectivity index (χ0v) is 56.8. The molecule has 486 valence electrons. The van der Waals surface area contributed by atoms with Crippen molar-refractivity contribution in [2.75, 3.05) is 19.6 Å². The molecule has 4 aliphatic heterocycles. The molecule has 12 heteroatoms. The highest BCUT2D eigenvalue weighted by Crippen LogP contribution is 2.53. The summed E-state index contributed by atoms with van der Waals surface area (Å²) in [6.07, 6.45) is 0. The Balaban J connectivity index is 0.903. The van der Waals surface area contributed by atoms with Gasteiger partial charge in [0.15, 0.2) is 11.4 Å². The van der Waals surface area contributed by atoms with E-state index in [1.54, 1.807) is 0 Å². The van der Waals surface area contributed by atoms with Crippen LogP contribution in [0.4, 0.5) is 79.6 Å². The maximum Gasteiger partial charge on any atom is 0.252 e. The standard InChI is InChI=1S/C94H54B2N10/c1-99-63-41-45-82-74(49-63)75-50-64(100-2)42-46-83(75)105(82)68-51-88-92-89(52-68)102(66-29-14-6-15-30-66)86-56-79-87(55-78(86)95(92)76-35-18-20-37-84(76)101(88)65-27-12-5-13-28-65)103(67-31-16-7-17-32-67)90-53-69(104-80-43-39-59(57-97)47-72(80)73-48-60(58-98)40-44-81(73)104)54-91-93(90)96(79)77-36-19-21-38-85(77)106(91)94-70(61-23-8-3-9-24-61)33-22-34-71(94)62-25-10-4-11-26-62/h3-56H. The Morgan fingerprint density at radius 1 is 0.274 bits per heavy atom. The van der Waals surface area contributed by atoms with Gasteiger partial charge in [-0.2, -0.15) is 10.5 Å². The molecule has 17 aromatic rings. The van der Waals surface area contributed by atoms with Crippen LogP contribution in [0.5, 0.6) is 0 Å². The average molecular weight is 1350 g/mol. The number of fused-ring (bicyclic) bond motifs is 14. The van der Waals surface area contributed by atoms with E-state index in [2.05, 4.69) is 330 Å². The summed E-state index contributed by atoms with van der Waals surface area (Å²) in [5.74, 6) is 0. The molecule has 0 unspecified atom stereocenters. The predicted octanol–water partition coefficient (Wildman–Crippen LogP) is 20.2. The molecule has 0 saturated heterocycles. The predicted molar refractivity (Wildman–Crippen MR) is 436 cm³/mol. The van der Waals surface area contributed by atoms with Crippen LogP contribution in [0.25, 0.3) is 86.9 Å². The van der Waals surface area contributed by atoms with E-state index < -0.39 is 0 Å². The summed E-state index contributed by atoms with van der Waals surface area (Å²) >= 11 is 0. The Morgan fingerprint density at radius 3 is 1.01 bits per heavy atom. The van der Waals surface area contributed by atoms with E-state index >= 15 is 0 Å². The fourth-order valence-corrected chi connectivity index (χ4v) is 17.8. The lowest BCUT2D eigenvalue weighted by Crippen LogP contribution is -2.64. The van der Waals surface area contributed by atoms with Crippen molar-refractivity contribution in [3.8, 4) is 45.8 Å². The van der Waals surface area contributed by atoms with Crippen LogP contribution in [0.3, 0.4) is 0 Å². The van der Waals surface area contributed by atoms with E-state index in [1.165, 1.54) is 5.46 Å². The first-order valence-corrected chi connectivity index (χ1v) is 35.5. The Kier molecular flexibility index (Phi) is 13.2. The van der Waals surface area contributed by atoms with Crippen LogP contribution in [-0.2, 0) is 0 Å². The zero-order chi connectivity index (χ0) is 70.4. The number of hydrogen-bond donors (Lipinski definition) is 0. The van der Waals surface area contributed by atoms with E-state index in [9.17, 15) is 10.5 Å². The zero-order valence-electron chi connectivity index (χ0n) is 56.8. The molecule has 0 atom stereocenters. The van der Waals surface area contributed by atoms with Gasteiger partial charge in [-0.15, -0.1) is 0 Å². The van der Waals surface area contributed by atoms with E-state index in [-0.39, 0.29) is 13.4 Å². The minimum Gasteiger partial charge on any atom is -0.311 e. The van der Waals surface area contributed by atoms with Gasteiger partial charge in [0.1, 0.15) is 0 Å². The van der Waals surface area contributed by atoms with Gasteiger partial charge in [-0.25, -0.2) is 9.69 Å². The first-order valence-electron chi connectivity index (χ1n) is 35.5. The van der Waals surface area contributed by atoms with Gasteiger partial charge in [-0.3, -0.25) is 0 Å². The second-order valence-corrected chi connectivity index (χ2v) is 27.5. The first kappa shape index (κ1) is 60.0. The van der Waals surface area contributed by atoms with E-state index in [1.807, 2.05) is 48.5 Å². The van der Waals surface area contributed by atoms with Crippen molar-refractivity contribution in [3.05, 3.63) is 362 Å². The van der Waals surface area contributed by atoms with Crippen LogP contribution in [0.15, 0.2) is 328 Å². The maximum absolute atomic E-state index is 10.5. The number of rotatable bonds is 8. The number of hydrogen-bond acceptors (Lipinski definition) is 6. The molecule has 0 bridgehead atoms. The number of nitrogens with zero attached hydrogens (tertiary/aromatic N) is 10. The highest BCUT2D eigenvalue weighted by atomic mass is 15.2. The van der Waals surface area contributed by atoms with Crippen LogP contribution >= 0.6 is 0 Å². The number of nitriles is 2. The lowest BCUT2D eigenvalue weighted by atomic mass is 9.31. The SMILES string of the molecule is [C-]#[N+]c1ccc2c(c1)c1cc([N+]#[C-])ccc1n2-c1cc2c3c(c1)N(c1ccccc1)c1cc4c(cc1B3c1ccccc1N2c1ccccc1)N(c1ccccc1)c1cc(-n2c3ccc(C#N)cc3c3cc(C#N)ccc32)cc2c1B4c1ccccc1N2c1c(-c2ccccc2)cccc1-c1ccccc1. The molecular weight excluding hydrogens is 1290 g/mol. The topological polar surface area (TPSA) is 79.1 Å². The van der Waals surface area contributed by atoms with Crippen molar-refractivity contribution < 1.29 is 0 Å². The molecule has 10 nitrogen and oxygen atoms in total. The van der Waals surface area contributed by atoms with Crippen LogP contribution in [-0.4, -0.2) is 22.6 Å². The number of anilines is 12. The quantitative estimate of drug-likeness (QED) is 0.111. The Bertz CT molecular complexity index is 6600. The molecule has 106 heavy (non-hydrogen) atoms. The van der Waals surface area contributed by atoms with Crippen molar-refractivity contribution in [2.45, 2.75) is 0 Å². The second kappa shape index (κ2) is 23.4. The highest BCUT2D eigenvalue weighted by Gasteiger charge is 2.49. The van der Waals surface area contributed by atoms with Crippen LogP contribution < -0.4 is 52.4 Å². The van der Waals surface area contributed by atoms with Crippen LogP contribution in [0.2, 0.25) is 0 Å². The number of benzene rings is 15. The third-order valence-electron chi connectivity index (χ3n) is 22.0. The molecule has 4 aliphatic rings. The van der Waals surface area contributed by atoms with Crippen LogP contribution in [0, 0.1) is 35.8 Å². The summed E-state index contributed by atoms with van der Waals surface area (Å²) in [5, 5.41) is 24.6. The summed E-state index contributed by atoms with van der Waals surface area (Å²) < 4.78 is 4.66. The van der Waals surface area contributed by atoms with E-state index in [4.69, 9.17) is 13.1 Å². The fraction of sp³-hybridized carbons (Fsp3) is 0. The third kappa shape index (κ3) is 8.77. The Morgan fingerprint density at radius 2 is 0.613 bits per heavy atom. The van der Waals surface area contributed by atoms with Crippen molar-refractivity contribution >= 4 is 169 Å². The Hall–Kier alpha value is -14.8. The molecule has 2 aromatic heterocycles. The molecule has 6 heterocycles. The Labute approximate surface area is 612 Å². The normalized spacial score (nSPS) is 12.8. The fourth-order valence-electron chi connectivity index (χ4n) is 17.8. The second-order valence-electron chi connectivity index (χ2n) is 27.5. The molecule has 0 N–H and O–H groups in total. The molecule has 0 aliphatic carbocycles. The molecule has 0 fully saturated rings. The van der Waals surface area contributed by atoms with Crippen molar-refractivity contribution in [1.82, 2.24) is 9.13 Å².